The summed E-state index contributed by atoms with van der Waals surface area (Å²) in [6.45, 7) is 3.12. The molecule has 5 nitrogen and oxygen atoms in total. The Labute approximate surface area is 106 Å². The number of aromatic nitrogens is 2. The highest BCUT2D eigenvalue weighted by molar-refractivity contribution is 5.45. The summed E-state index contributed by atoms with van der Waals surface area (Å²) in [4.78, 5) is 6.28. The molecule has 0 aliphatic rings. The summed E-state index contributed by atoms with van der Waals surface area (Å²) >= 11 is 0. The number of aliphatic hydroxyl groups excluding tert-OH is 1. The fourth-order valence-corrected chi connectivity index (χ4v) is 1.72. The maximum Gasteiger partial charge on any atom is 0.246 e. The van der Waals surface area contributed by atoms with Gasteiger partial charge in [0.2, 0.25) is 5.89 Å². The van der Waals surface area contributed by atoms with E-state index >= 15 is 0 Å². The van der Waals surface area contributed by atoms with Crippen molar-refractivity contribution in [2.45, 2.75) is 19.9 Å². The van der Waals surface area contributed by atoms with Gasteiger partial charge in [-0.05, 0) is 12.1 Å². The minimum absolute atomic E-state index is 0.0870. The van der Waals surface area contributed by atoms with Crippen molar-refractivity contribution in [2.24, 2.45) is 0 Å². The van der Waals surface area contributed by atoms with Gasteiger partial charge in [0.15, 0.2) is 5.82 Å². The van der Waals surface area contributed by atoms with E-state index in [1.807, 2.05) is 42.2 Å². The minimum Gasteiger partial charge on any atom is -0.395 e. The number of benzene rings is 1. The third-order valence-electron chi connectivity index (χ3n) is 2.64. The molecule has 96 valence electrons. The molecule has 5 heteroatoms. The van der Waals surface area contributed by atoms with Crippen molar-refractivity contribution in [1.29, 1.82) is 0 Å². The van der Waals surface area contributed by atoms with Crippen LogP contribution in [-0.4, -0.2) is 28.4 Å². The largest absolute Gasteiger partial charge is 0.395 e. The Morgan fingerprint density at radius 1 is 1.28 bits per heavy atom. The molecule has 1 heterocycles. The van der Waals surface area contributed by atoms with Crippen LogP contribution < -0.4 is 4.90 Å². The lowest BCUT2D eigenvalue weighted by molar-refractivity contribution is 0.297. The smallest absolute Gasteiger partial charge is 0.246 e. The molecule has 0 bridgehead atoms. The summed E-state index contributed by atoms with van der Waals surface area (Å²) in [6.07, 6.45) is 0.759. The van der Waals surface area contributed by atoms with Crippen LogP contribution in [0.3, 0.4) is 0 Å². The molecule has 0 saturated carbocycles. The number of nitrogens with zero attached hydrogens (tertiary/aromatic N) is 3. The number of aryl methyl sites for hydroxylation is 1. The first-order valence-electron chi connectivity index (χ1n) is 6.05. The van der Waals surface area contributed by atoms with Gasteiger partial charge >= 0.3 is 0 Å². The van der Waals surface area contributed by atoms with Crippen molar-refractivity contribution in [3.63, 3.8) is 0 Å². The Morgan fingerprint density at radius 2 is 2.06 bits per heavy atom. The van der Waals surface area contributed by atoms with Gasteiger partial charge in [0.1, 0.15) is 0 Å². The first kappa shape index (κ1) is 12.6. The van der Waals surface area contributed by atoms with E-state index in [-0.39, 0.29) is 6.61 Å². The lowest BCUT2D eigenvalue weighted by atomic mass is 10.3. The van der Waals surface area contributed by atoms with Crippen molar-refractivity contribution in [3.05, 3.63) is 42.0 Å². The average molecular weight is 247 g/mol. The Kier molecular flexibility index (Phi) is 4.30. The minimum atomic E-state index is 0.0870. The molecule has 18 heavy (non-hydrogen) atoms. The molecule has 0 amide bonds. The molecular formula is C13H17N3O2. The molecule has 0 aliphatic heterocycles. The second-order valence-electron chi connectivity index (χ2n) is 3.94. The fraction of sp³-hybridized carbons (Fsp3) is 0.385. The molecule has 0 fully saturated rings. The van der Waals surface area contributed by atoms with Gasteiger partial charge in [-0.1, -0.05) is 30.3 Å². The first-order valence-corrected chi connectivity index (χ1v) is 6.05. The highest BCUT2D eigenvalue weighted by atomic mass is 16.5. The maximum atomic E-state index is 9.12. The lowest BCUT2D eigenvalue weighted by Crippen LogP contribution is -2.26. The highest BCUT2D eigenvalue weighted by Crippen LogP contribution is 2.15. The summed E-state index contributed by atoms with van der Waals surface area (Å²) < 4.78 is 5.17. The van der Waals surface area contributed by atoms with E-state index in [9.17, 15) is 0 Å². The molecule has 0 radical (unpaired) electrons. The Hall–Kier alpha value is -1.88. The van der Waals surface area contributed by atoms with Crippen molar-refractivity contribution >= 4 is 5.69 Å². The summed E-state index contributed by atoms with van der Waals surface area (Å²) in [5.74, 6) is 1.28. The van der Waals surface area contributed by atoms with Gasteiger partial charge in [0, 0.05) is 18.7 Å². The molecule has 0 aliphatic carbocycles. The van der Waals surface area contributed by atoms with Crippen LogP contribution in [-0.2, 0) is 13.0 Å². The van der Waals surface area contributed by atoms with Crippen LogP contribution in [0.2, 0.25) is 0 Å². The molecule has 1 aromatic heterocycles. The van der Waals surface area contributed by atoms with Crippen LogP contribution in [0, 0.1) is 0 Å². The van der Waals surface area contributed by atoms with Crippen LogP contribution in [0.5, 0.6) is 0 Å². The molecule has 2 aromatic rings. The number of aliphatic hydroxyl groups is 1. The fourth-order valence-electron chi connectivity index (χ4n) is 1.72. The van der Waals surface area contributed by atoms with E-state index < -0.39 is 0 Å². The Bertz CT molecular complexity index is 470. The van der Waals surface area contributed by atoms with Gasteiger partial charge in [-0.15, -0.1) is 0 Å². The number of anilines is 1. The molecule has 1 aromatic carbocycles. The predicted octanol–water partition coefficient (Wildman–Crippen LogP) is 1.63. The maximum absolute atomic E-state index is 9.12. The van der Waals surface area contributed by atoms with Gasteiger partial charge in [0.25, 0.3) is 0 Å². The molecule has 0 atom stereocenters. The monoisotopic (exact) mass is 247 g/mol. The average Bonchev–Trinajstić information content (AvgIpc) is 2.87. The predicted molar refractivity (Wildman–Crippen MR) is 68.3 cm³/mol. The van der Waals surface area contributed by atoms with Crippen molar-refractivity contribution in [3.8, 4) is 0 Å². The van der Waals surface area contributed by atoms with Crippen molar-refractivity contribution in [1.82, 2.24) is 10.1 Å². The Balaban J connectivity index is 2.11. The van der Waals surface area contributed by atoms with E-state index in [2.05, 4.69) is 10.1 Å². The summed E-state index contributed by atoms with van der Waals surface area (Å²) in [6, 6.07) is 9.87. The normalized spacial score (nSPS) is 10.6. The molecule has 0 unspecified atom stereocenters. The molecule has 1 N–H and O–H groups in total. The summed E-state index contributed by atoms with van der Waals surface area (Å²) in [5, 5.41) is 13.0. The van der Waals surface area contributed by atoms with Crippen LogP contribution in [0.25, 0.3) is 0 Å². The van der Waals surface area contributed by atoms with Crippen LogP contribution >= 0.6 is 0 Å². The van der Waals surface area contributed by atoms with Gasteiger partial charge < -0.3 is 14.5 Å². The van der Waals surface area contributed by atoms with Gasteiger partial charge in [0.05, 0.1) is 13.2 Å². The quantitative estimate of drug-likeness (QED) is 0.840. The topological polar surface area (TPSA) is 62.4 Å². The van der Waals surface area contributed by atoms with Crippen LogP contribution in [0.15, 0.2) is 34.9 Å². The van der Waals surface area contributed by atoms with E-state index in [1.54, 1.807) is 0 Å². The molecular weight excluding hydrogens is 230 g/mol. The SMILES string of the molecule is CCc1noc(CN(CCO)c2ccccc2)n1. The zero-order chi connectivity index (χ0) is 12.8. The van der Waals surface area contributed by atoms with Crippen LogP contribution in [0.1, 0.15) is 18.6 Å². The van der Waals surface area contributed by atoms with Gasteiger partial charge in [-0.2, -0.15) is 4.98 Å². The third-order valence-corrected chi connectivity index (χ3v) is 2.64. The highest BCUT2D eigenvalue weighted by Gasteiger charge is 2.11. The van der Waals surface area contributed by atoms with Gasteiger partial charge in [-0.3, -0.25) is 0 Å². The third kappa shape index (κ3) is 3.07. The van der Waals surface area contributed by atoms with Crippen LogP contribution in [0.4, 0.5) is 5.69 Å². The first-order chi connectivity index (χ1) is 8.83. The second kappa shape index (κ2) is 6.16. The van der Waals surface area contributed by atoms with Crippen molar-refractivity contribution in [2.75, 3.05) is 18.1 Å². The Morgan fingerprint density at radius 3 is 2.67 bits per heavy atom. The zero-order valence-corrected chi connectivity index (χ0v) is 10.4. The molecule has 0 saturated heterocycles. The summed E-state index contributed by atoms with van der Waals surface area (Å²) in [5.41, 5.74) is 1.03. The molecule has 2 rings (SSSR count). The number of para-hydroxylation sites is 1. The van der Waals surface area contributed by atoms with Crippen molar-refractivity contribution < 1.29 is 9.63 Å². The van der Waals surface area contributed by atoms with E-state index in [0.717, 1.165) is 12.1 Å². The second-order valence-corrected chi connectivity index (χ2v) is 3.94. The van der Waals surface area contributed by atoms with E-state index in [4.69, 9.17) is 9.63 Å². The standard InChI is InChI=1S/C13H17N3O2/c1-2-12-14-13(18-15-12)10-16(8-9-17)11-6-4-3-5-7-11/h3-7,17H,2,8-10H2,1H3. The summed E-state index contributed by atoms with van der Waals surface area (Å²) in [7, 11) is 0. The van der Waals surface area contributed by atoms with E-state index in [0.29, 0.717) is 24.8 Å². The van der Waals surface area contributed by atoms with Gasteiger partial charge in [-0.25, -0.2) is 0 Å². The zero-order valence-electron chi connectivity index (χ0n) is 10.4. The lowest BCUT2D eigenvalue weighted by Gasteiger charge is -2.21. The molecule has 0 spiro atoms. The number of hydrogen-bond donors (Lipinski definition) is 1. The number of hydrogen-bond acceptors (Lipinski definition) is 5. The van der Waals surface area contributed by atoms with E-state index in [1.165, 1.54) is 0 Å². The number of rotatable bonds is 6.